The molecule has 1 heterocycles. The molecule has 0 radical (unpaired) electrons. The van der Waals surface area contributed by atoms with E-state index in [9.17, 15) is 17.6 Å². The molecule has 0 aliphatic heterocycles. The molecule has 1 aromatic heterocycles. The molecule has 0 saturated carbocycles. The molecule has 0 aliphatic carbocycles. The van der Waals surface area contributed by atoms with E-state index in [2.05, 4.69) is 5.32 Å². The van der Waals surface area contributed by atoms with E-state index in [1.165, 1.54) is 23.2 Å². The molecule has 0 spiro atoms. The van der Waals surface area contributed by atoms with Gasteiger partial charge in [0, 0.05) is 23.2 Å². The number of hydrogen-bond acceptors (Lipinski definition) is 3. The quantitative estimate of drug-likeness (QED) is 0.594. The van der Waals surface area contributed by atoms with Gasteiger partial charge in [0.25, 0.3) is 0 Å². The molecule has 0 amide bonds. The molecular weight excluding hydrogens is 380 g/mol. The highest BCUT2D eigenvalue weighted by molar-refractivity contribution is 7.98. The standard InChI is InChI=1S/C19H16F4N2OS/c1-24-9-11-10-25(27-12-6-7-13(20)16(23)8-12)18(19(11)26-2)17-14(21)4-3-5-15(17)22/h3-8,10,24H,9H2,1-2H3. The van der Waals surface area contributed by atoms with Crippen LogP contribution in [0.25, 0.3) is 11.3 Å². The zero-order valence-corrected chi connectivity index (χ0v) is 15.3. The first-order chi connectivity index (χ1) is 13.0. The minimum atomic E-state index is -1.01. The molecule has 2 aromatic carbocycles. The van der Waals surface area contributed by atoms with E-state index in [0.717, 1.165) is 36.2 Å². The molecular formula is C19H16F4N2OS. The second-order valence-electron chi connectivity index (χ2n) is 5.66. The SMILES string of the molecule is CNCc1cn(Sc2ccc(F)c(F)c2)c(-c2c(F)cccc2F)c1OC. The zero-order valence-electron chi connectivity index (χ0n) is 14.5. The number of benzene rings is 2. The van der Waals surface area contributed by atoms with E-state index in [4.69, 9.17) is 4.74 Å². The summed E-state index contributed by atoms with van der Waals surface area (Å²) in [5.74, 6) is -3.19. The van der Waals surface area contributed by atoms with E-state index < -0.39 is 23.3 Å². The molecule has 3 nitrogen and oxygen atoms in total. The second kappa shape index (κ2) is 8.06. The second-order valence-corrected chi connectivity index (χ2v) is 6.70. The summed E-state index contributed by atoms with van der Waals surface area (Å²) in [6.45, 7) is 0.386. The van der Waals surface area contributed by atoms with Gasteiger partial charge in [0.05, 0.1) is 12.7 Å². The van der Waals surface area contributed by atoms with E-state index in [1.54, 1.807) is 13.2 Å². The smallest absolute Gasteiger partial charge is 0.160 e. The van der Waals surface area contributed by atoms with Crippen LogP contribution in [0.15, 0.2) is 47.5 Å². The summed E-state index contributed by atoms with van der Waals surface area (Å²) in [6, 6.07) is 6.96. The molecule has 1 N–H and O–H groups in total. The van der Waals surface area contributed by atoms with Crippen molar-refractivity contribution in [1.82, 2.24) is 9.29 Å². The summed E-state index contributed by atoms with van der Waals surface area (Å²) in [7, 11) is 3.13. The van der Waals surface area contributed by atoms with Crippen molar-refractivity contribution in [3.63, 3.8) is 0 Å². The van der Waals surface area contributed by atoms with Crippen molar-refractivity contribution in [3.05, 3.63) is 71.4 Å². The van der Waals surface area contributed by atoms with Crippen LogP contribution in [0.3, 0.4) is 0 Å². The molecule has 0 aliphatic rings. The fourth-order valence-electron chi connectivity index (χ4n) is 2.73. The van der Waals surface area contributed by atoms with Gasteiger partial charge in [0.2, 0.25) is 0 Å². The van der Waals surface area contributed by atoms with Gasteiger partial charge < -0.3 is 10.1 Å². The van der Waals surface area contributed by atoms with Crippen molar-refractivity contribution in [3.8, 4) is 17.0 Å². The first-order valence-electron chi connectivity index (χ1n) is 7.96. The molecule has 0 atom stereocenters. The Labute approximate surface area is 158 Å². The summed E-state index contributed by atoms with van der Waals surface area (Å²) >= 11 is 0.994. The normalized spacial score (nSPS) is 11.0. The van der Waals surface area contributed by atoms with Gasteiger partial charge in [-0.3, -0.25) is 3.97 Å². The van der Waals surface area contributed by atoms with Crippen molar-refractivity contribution < 1.29 is 22.3 Å². The van der Waals surface area contributed by atoms with Gasteiger partial charge in [0.15, 0.2) is 11.6 Å². The Hall–Kier alpha value is -2.45. The number of methoxy groups -OCH3 is 1. The third-order valence-corrected chi connectivity index (χ3v) is 4.82. The maximum Gasteiger partial charge on any atom is 0.160 e. The molecule has 0 fully saturated rings. The molecule has 142 valence electrons. The Bertz CT molecular complexity index is 954. The Morgan fingerprint density at radius 2 is 1.70 bits per heavy atom. The lowest BCUT2D eigenvalue weighted by Crippen LogP contribution is -2.05. The van der Waals surface area contributed by atoms with Gasteiger partial charge in [-0.25, -0.2) is 17.6 Å². The molecule has 0 saturated heterocycles. The zero-order chi connectivity index (χ0) is 19.6. The van der Waals surface area contributed by atoms with Gasteiger partial charge >= 0.3 is 0 Å². The lowest BCUT2D eigenvalue weighted by molar-refractivity contribution is 0.410. The maximum atomic E-state index is 14.4. The highest BCUT2D eigenvalue weighted by Gasteiger charge is 2.24. The molecule has 3 aromatic rings. The van der Waals surface area contributed by atoms with Gasteiger partial charge in [-0.15, -0.1) is 0 Å². The van der Waals surface area contributed by atoms with Crippen molar-refractivity contribution >= 4 is 11.9 Å². The minimum Gasteiger partial charge on any atom is -0.494 e. The fraction of sp³-hybridized carbons (Fsp3) is 0.158. The molecule has 0 bridgehead atoms. The van der Waals surface area contributed by atoms with E-state index in [0.29, 0.717) is 22.8 Å². The van der Waals surface area contributed by atoms with Crippen molar-refractivity contribution in [2.45, 2.75) is 11.4 Å². The van der Waals surface area contributed by atoms with E-state index >= 15 is 0 Å². The lowest BCUT2D eigenvalue weighted by Gasteiger charge is -2.12. The number of rotatable bonds is 6. The van der Waals surface area contributed by atoms with Crippen LogP contribution in [-0.2, 0) is 6.54 Å². The summed E-state index contributed by atoms with van der Waals surface area (Å²) in [4.78, 5) is 0.362. The monoisotopic (exact) mass is 396 g/mol. The van der Waals surface area contributed by atoms with Crippen molar-refractivity contribution in [2.24, 2.45) is 0 Å². The Morgan fingerprint density at radius 1 is 1.00 bits per heavy atom. The summed E-state index contributed by atoms with van der Waals surface area (Å²) < 4.78 is 62.5. The number of halogens is 4. The maximum absolute atomic E-state index is 14.4. The van der Waals surface area contributed by atoms with Crippen LogP contribution in [0.4, 0.5) is 17.6 Å². The molecule has 27 heavy (non-hydrogen) atoms. The third-order valence-electron chi connectivity index (χ3n) is 3.87. The average Bonchev–Trinajstić information content (AvgIpc) is 2.95. The largest absolute Gasteiger partial charge is 0.494 e. The Morgan fingerprint density at radius 3 is 2.30 bits per heavy atom. The van der Waals surface area contributed by atoms with Crippen LogP contribution in [0.5, 0.6) is 5.75 Å². The predicted octanol–water partition coefficient (Wildman–Crippen LogP) is 4.99. The van der Waals surface area contributed by atoms with Crippen LogP contribution in [0.1, 0.15) is 5.56 Å². The molecule has 8 heteroatoms. The van der Waals surface area contributed by atoms with Crippen molar-refractivity contribution in [1.29, 1.82) is 0 Å². The van der Waals surface area contributed by atoms with Gasteiger partial charge in [-0.2, -0.15) is 0 Å². The van der Waals surface area contributed by atoms with Crippen LogP contribution in [0, 0.1) is 23.3 Å². The van der Waals surface area contributed by atoms with Crippen molar-refractivity contribution in [2.75, 3.05) is 14.2 Å². The van der Waals surface area contributed by atoms with Crippen LogP contribution in [-0.4, -0.2) is 18.1 Å². The summed E-state index contributed by atoms with van der Waals surface area (Å²) in [5.41, 5.74) is 0.563. The molecule has 0 unspecified atom stereocenters. The van der Waals surface area contributed by atoms with Gasteiger partial charge in [0.1, 0.15) is 23.1 Å². The lowest BCUT2D eigenvalue weighted by atomic mass is 10.1. The summed E-state index contributed by atoms with van der Waals surface area (Å²) in [6.07, 6.45) is 1.64. The van der Waals surface area contributed by atoms with Gasteiger partial charge in [-0.05, 0) is 49.3 Å². The molecule has 3 rings (SSSR count). The van der Waals surface area contributed by atoms with Gasteiger partial charge in [-0.1, -0.05) is 6.07 Å². The van der Waals surface area contributed by atoms with Crippen LogP contribution >= 0.6 is 11.9 Å². The number of aromatic nitrogens is 1. The fourth-order valence-corrected chi connectivity index (χ4v) is 3.69. The minimum absolute atomic E-state index is 0.160. The predicted molar refractivity (Wildman–Crippen MR) is 96.7 cm³/mol. The number of ether oxygens (including phenoxy) is 1. The third kappa shape index (κ3) is 3.81. The Balaban J connectivity index is 2.19. The number of hydrogen-bond donors (Lipinski definition) is 1. The van der Waals surface area contributed by atoms with E-state index in [-0.39, 0.29) is 11.3 Å². The topological polar surface area (TPSA) is 26.2 Å². The first-order valence-corrected chi connectivity index (χ1v) is 8.74. The Kier molecular flexibility index (Phi) is 5.76. The van der Waals surface area contributed by atoms with Crippen LogP contribution in [0.2, 0.25) is 0 Å². The summed E-state index contributed by atoms with van der Waals surface area (Å²) in [5, 5.41) is 2.96. The first kappa shape index (κ1) is 19.3. The number of nitrogens with one attached hydrogen (secondary N) is 1. The highest BCUT2D eigenvalue weighted by Crippen LogP contribution is 2.41. The number of nitrogens with zero attached hydrogens (tertiary/aromatic N) is 1. The average molecular weight is 396 g/mol. The van der Waals surface area contributed by atoms with E-state index in [1.807, 2.05) is 0 Å². The highest BCUT2D eigenvalue weighted by atomic mass is 32.2. The van der Waals surface area contributed by atoms with Crippen LogP contribution < -0.4 is 10.1 Å².